The van der Waals surface area contributed by atoms with Crippen LogP contribution in [0.25, 0.3) is 0 Å². The number of thiocyanates is 1. The molecule has 0 saturated heterocycles. The Kier molecular flexibility index (Phi) is 116. The van der Waals surface area contributed by atoms with Gasteiger partial charge in [-0.15, -0.1) is 0 Å². The van der Waals surface area contributed by atoms with Gasteiger partial charge in [0, 0.05) is 16.8 Å². The van der Waals surface area contributed by atoms with Crippen LogP contribution in [-0.2, 0) is 29.4 Å². The Morgan fingerprint density at radius 3 is 1.60 bits per heavy atom. The van der Waals surface area contributed by atoms with Gasteiger partial charge in [0.2, 0.25) is 0 Å². The number of hydrogen-bond acceptors (Lipinski definition) is 2. The van der Waals surface area contributed by atoms with Gasteiger partial charge in [-0.2, -0.15) is 0 Å². The molecule has 0 rings (SSSR count). The van der Waals surface area contributed by atoms with Crippen molar-refractivity contribution in [3.8, 4) is 5.40 Å². The summed E-state index contributed by atoms with van der Waals surface area (Å²) in [6.45, 7) is 0. The normalized spacial score (nSPS) is 1.40. The quantitative estimate of drug-likeness (QED) is 0.385. The molecule has 5 heavy (non-hydrogen) atoms. The fourth-order valence-electron chi connectivity index (χ4n) is 0. The molecule has 0 heterocycles. The number of nitrogens with zero attached hydrogens (tertiary/aromatic N) is 1. The first-order valence-corrected chi connectivity index (χ1v) is 0.836. The van der Waals surface area contributed by atoms with E-state index in [0.717, 1.165) is 0 Å². The molecule has 0 aliphatic heterocycles. The van der Waals surface area contributed by atoms with Gasteiger partial charge in [-0.25, -0.2) is 5.26 Å². The molecule has 0 aromatic rings. The Bertz CT molecular complexity index is 31.1. The molecule has 0 amide bonds. The van der Waals surface area contributed by atoms with Crippen LogP contribution in [0.5, 0.6) is 0 Å². The summed E-state index contributed by atoms with van der Waals surface area (Å²) in [5.74, 6) is 0. The third-order valence-corrected chi connectivity index (χ3v) is 0. The average molecular weight is 135 g/mol. The molecular formula is CH4CoN2S. The summed E-state index contributed by atoms with van der Waals surface area (Å²) in [5.41, 5.74) is 0. The van der Waals surface area contributed by atoms with Gasteiger partial charge in [0.25, 0.3) is 0 Å². The van der Waals surface area contributed by atoms with Crippen LogP contribution in [0.15, 0.2) is 0 Å². The molecule has 0 fully saturated rings. The van der Waals surface area contributed by atoms with Crippen molar-refractivity contribution in [2.45, 2.75) is 0 Å². The zero-order valence-corrected chi connectivity index (χ0v) is 4.55. The molecule has 0 aromatic heterocycles. The van der Waals surface area contributed by atoms with Crippen LogP contribution in [0.3, 0.4) is 0 Å². The van der Waals surface area contributed by atoms with Crippen molar-refractivity contribution in [1.82, 2.24) is 6.15 Å². The van der Waals surface area contributed by atoms with Crippen LogP contribution in [0.1, 0.15) is 0 Å². The van der Waals surface area contributed by atoms with Gasteiger partial charge in [0.15, 0.2) is 0 Å². The van der Waals surface area contributed by atoms with E-state index in [2.05, 4.69) is 12.6 Å². The van der Waals surface area contributed by atoms with Gasteiger partial charge in [0.05, 0.1) is 0 Å². The molecule has 1 radical (unpaired) electrons. The van der Waals surface area contributed by atoms with Crippen molar-refractivity contribution in [3.63, 3.8) is 0 Å². The predicted octanol–water partition coefficient (Wildman–Crippen LogP) is 0.388. The molecular weight excluding hydrogens is 131 g/mol. The van der Waals surface area contributed by atoms with Crippen LogP contribution < -0.4 is 6.15 Å². The summed E-state index contributed by atoms with van der Waals surface area (Å²) in [5, 5.41) is 8.47. The summed E-state index contributed by atoms with van der Waals surface area (Å²) in [6.07, 6.45) is 0. The predicted molar refractivity (Wildman–Crippen MR) is 19.0 cm³/mol. The van der Waals surface area contributed by atoms with E-state index in [1.54, 1.807) is 0 Å². The third-order valence-electron chi connectivity index (χ3n) is 0. The van der Waals surface area contributed by atoms with Crippen LogP contribution in [-0.4, -0.2) is 0 Å². The minimum atomic E-state index is 0. The zero-order chi connectivity index (χ0) is 2.71. The summed E-state index contributed by atoms with van der Waals surface area (Å²) < 4.78 is 0. The van der Waals surface area contributed by atoms with Crippen LogP contribution >= 0.6 is 0 Å². The van der Waals surface area contributed by atoms with Crippen molar-refractivity contribution in [2.75, 3.05) is 0 Å². The standard InChI is InChI=1S/CHNS.Co.H3N/c2-1-3;;/h3H;;1H3. The fourth-order valence-corrected chi connectivity index (χ4v) is 0. The van der Waals surface area contributed by atoms with E-state index in [4.69, 9.17) is 5.26 Å². The fraction of sp³-hybridized carbons (Fsp3) is 0. The first kappa shape index (κ1) is 19.1. The van der Waals surface area contributed by atoms with E-state index in [1.807, 2.05) is 0 Å². The largest absolute Gasteiger partial charge is 0.696 e. The Morgan fingerprint density at radius 1 is 1.60 bits per heavy atom. The zero-order valence-electron chi connectivity index (χ0n) is 2.69. The van der Waals surface area contributed by atoms with Gasteiger partial charge in [0.1, 0.15) is 0 Å². The molecule has 0 aliphatic rings. The van der Waals surface area contributed by atoms with Crippen molar-refractivity contribution in [2.24, 2.45) is 0 Å². The Balaban J connectivity index is -0.0000000200. The van der Waals surface area contributed by atoms with Crippen molar-refractivity contribution in [1.29, 1.82) is 5.26 Å². The second-order valence-corrected chi connectivity index (χ2v) is 0.274. The molecule has 0 saturated carbocycles. The van der Waals surface area contributed by atoms with Crippen LogP contribution in [0, 0.1) is 10.7 Å². The number of rotatable bonds is 0. The summed E-state index contributed by atoms with van der Waals surface area (Å²) in [4.78, 5) is 0. The summed E-state index contributed by atoms with van der Waals surface area (Å²) in [7, 11) is 0. The molecule has 0 aromatic carbocycles. The van der Waals surface area contributed by atoms with E-state index < -0.39 is 0 Å². The van der Waals surface area contributed by atoms with E-state index in [-0.39, 0.29) is 22.9 Å². The van der Waals surface area contributed by atoms with E-state index in [0.29, 0.717) is 0 Å². The Labute approximate surface area is 46.7 Å². The van der Waals surface area contributed by atoms with Crippen LogP contribution in [0.4, 0.5) is 0 Å². The van der Waals surface area contributed by atoms with Crippen LogP contribution in [0.2, 0.25) is 0 Å². The number of nitriles is 1. The topological polar surface area (TPSA) is 60.3 Å². The monoisotopic (exact) mass is 135 g/mol. The Hall–Kier alpha value is 0.176. The van der Waals surface area contributed by atoms with Crippen molar-refractivity contribution in [3.05, 3.63) is 0 Å². The van der Waals surface area contributed by atoms with Gasteiger partial charge >= 0.3 is 0 Å². The average Bonchev–Trinajstić information content (AvgIpc) is 0.918. The van der Waals surface area contributed by atoms with E-state index in [1.165, 1.54) is 5.40 Å². The van der Waals surface area contributed by atoms with Gasteiger partial charge in [-0.05, 0) is 0 Å². The minimum absolute atomic E-state index is 0. The molecule has 4 N–H and O–H groups in total. The first-order chi connectivity index (χ1) is 1.41. The first-order valence-electron chi connectivity index (χ1n) is 0.428. The SMILES string of the molecule is N#C[S-].[Co].[NH4+]. The molecule has 4 heteroatoms. The molecule has 0 atom stereocenters. The van der Waals surface area contributed by atoms with Crippen molar-refractivity contribution >= 4 is 12.6 Å². The summed E-state index contributed by atoms with van der Waals surface area (Å²) >= 11 is 3.70. The molecule has 33 valence electrons. The maximum Gasteiger partial charge on any atom is 0 e. The van der Waals surface area contributed by atoms with Gasteiger partial charge < -0.3 is 18.8 Å². The van der Waals surface area contributed by atoms with Crippen molar-refractivity contribution < 1.29 is 16.8 Å². The Morgan fingerprint density at radius 2 is 1.60 bits per heavy atom. The maximum atomic E-state index is 7.13. The van der Waals surface area contributed by atoms with Gasteiger partial charge in [-0.1, -0.05) is 5.40 Å². The molecule has 2 nitrogen and oxygen atoms in total. The van der Waals surface area contributed by atoms with E-state index >= 15 is 0 Å². The third kappa shape index (κ3) is 635. The summed E-state index contributed by atoms with van der Waals surface area (Å²) in [6, 6.07) is 0. The number of hydrogen-bond donors (Lipinski definition) is 1. The molecule has 0 aliphatic carbocycles. The smallest absolute Gasteiger partial charge is 0 e. The maximum absolute atomic E-state index is 7.13. The molecule has 0 unspecified atom stereocenters. The molecule has 0 spiro atoms. The second kappa shape index (κ2) is 30.4. The second-order valence-electron chi connectivity index (χ2n) is 0.0913. The number of quaternary nitrogens is 1. The van der Waals surface area contributed by atoms with Gasteiger partial charge in [-0.3, -0.25) is 0 Å². The van der Waals surface area contributed by atoms with E-state index in [9.17, 15) is 0 Å². The minimum Gasteiger partial charge on any atom is -0.696 e. The molecule has 0 bridgehead atoms.